The van der Waals surface area contributed by atoms with Crippen molar-refractivity contribution in [2.24, 2.45) is 17.1 Å². The second kappa shape index (κ2) is 3.82. The lowest BCUT2D eigenvalue weighted by molar-refractivity contribution is 0.193. The zero-order valence-corrected chi connectivity index (χ0v) is 10.4. The topological polar surface area (TPSA) is 38.0 Å². The first-order valence-corrected chi connectivity index (χ1v) is 5.80. The van der Waals surface area contributed by atoms with Crippen LogP contribution in [-0.4, -0.2) is 18.1 Å². The fraction of sp³-hybridized carbons (Fsp3) is 1.00. The van der Waals surface area contributed by atoms with Gasteiger partial charge < -0.3 is 11.1 Å². The maximum absolute atomic E-state index is 6.15. The fourth-order valence-electron chi connectivity index (χ4n) is 1.56. The lowest BCUT2D eigenvalue weighted by Gasteiger charge is -2.38. The summed E-state index contributed by atoms with van der Waals surface area (Å²) in [5.41, 5.74) is 6.19. The van der Waals surface area contributed by atoms with E-state index in [4.69, 9.17) is 5.73 Å². The Bertz CT molecular complexity index is 191. The van der Waals surface area contributed by atoms with Crippen molar-refractivity contribution in [2.45, 2.75) is 59.0 Å². The number of rotatable bonds is 5. The average molecular weight is 198 g/mol. The van der Waals surface area contributed by atoms with E-state index in [2.05, 4.69) is 39.9 Å². The summed E-state index contributed by atoms with van der Waals surface area (Å²) in [6.45, 7) is 12.0. The number of hydrogen-bond acceptors (Lipinski definition) is 2. The molecular weight excluding hydrogens is 172 g/mol. The Hall–Kier alpha value is -0.0800. The van der Waals surface area contributed by atoms with Gasteiger partial charge in [-0.3, -0.25) is 0 Å². The molecule has 0 amide bonds. The first kappa shape index (κ1) is 12.0. The summed E-state index contributed by atoms with van der Waals surface area (Å²) in [4.78, 5) is 0. The molecular formula is C12H26N2. The molecule has 3 N–H and O–H groups in total. The lowest BCUT2D eigenvalue weighted by atomic mass is 9.75. The summed E-state index contributed by atoms with van der Waals surface area (Å²) in [5, 5.41) is 3.62. The Morgan fingerprint density at radius 3 is 2.21 bits per heavy atom. The molecule has 1 aliphatic carbocycles. The summed E-state index contributed by atoms with van der Waals surface area (Å²) in [6, 6.07) is 0.765. The summed E-state index contributed by atoms with van der Waals surface area (Å²) >= 11 is 0. The van der Waals surface area contributed by atoms with E-state index in [0.717, 1.165) is 18.5 Å². The molecule has 1 rings (SSSR count). The van der Waals surface area contributed by atoms with Crippen LogP contribution in [-0.2, 0) is 0 Å². The third-order valence-corrected chi connectivity index (χ3v) is 4.00. The van der Waals surface area contributed by atoms with Crippen LogP contribution in [0.3, 0.4) is 0 Å². The summed E-state index contributed by atoms with van der Waals surface area (Å²) < 4.78 is 0. The van der Waals surface area contributed by atoms with Crippen LogP contribution >= 0.6 is 0 Å². The minimum absolute atomic E-state index is 0.114. The van der Waals surface area contributed by atoms with Gasteiger partial charge >= 0.3 is 0 Å². The molecule has 2 atom stereocenters. The van der Waals surface area contributed by atoms with E-state index in [0.29, 0.717) is 0 Å². The van der Waals surface area contributed by atoms with E-state index in [1.165, 1.54) is 12.8 Å². The van der Waals surface area contributed by atoms with Crippen molar-refractivity contribution in [1.82, 2.24) is 5.32 Å². The second-order valence-corrected chi connectivity index (χ2v) is 6.00. The Morgan fingerprint density at radius 1 is 1.29 bits per heavy atom. The molecule has 1 fully saturated rings. The van der Waals surface area contributed by atoms with Gasteiger partial charge in [0.25, 0.3) is 0 Å². The molecule has 0 spiro atoms. The summed E-state index contributed by atoms with van der Waals surface area (Å²) in [5.74, 6) is 0.923. The second-order valence-electron chi connectivity index (χ2n) is 6.00. The molecule has 2 unspecified atom stereocenters. The van der Waals surface area contributed by atoms with Crippen LogP contribution in [0, 0.1) is 11.3 Å². The minimum Gasteiger partial charge on any atom is -0.325 e. The standard InChI is InChI=1S/C12H26N2/c1-6-9-7-10(9)14-8-11(2,3)12(4,5)13/h9-10,14H,6-8,13H2,1-5H3. The van der Waals surface area contributed by atoms with Crippen LogP contribution in [0.1, 0.15) is 47.5 Å². The summed E-state index contributed by atoms with van der Waals surface area (Å²) in [6.07, 6.45) is 2.67. The predicted octanol–water partition coefficient (Wildman–Crippen LogP) is 2.14. The molecule has 14 heavy (non-hydrogen) atoms. The van der Waals surface area contributed by atoms with Crippen molar-refractivity contribution in [3.05, 3.63) is 0 Å². The van der Waals surface area contributed by atoms with E-state index < -0.39 is 0 Å². The highest BCUT2D eigenvalue weighted by molar-refractivity contribution is 4.97. The fourth-order valence-corrected chi connectivity index (χ4v) is 1.56. The largest absolute Gasteiger partial charge is 0.325 e. The molecule has 2 nitrogen and oxygen atoms in total. The number of nitrogens with one attached hydrogen (secondary N) is 1. The van der Waals surface area contributed by atoms with Crippen LogP contribution in [0.2, 0.25) is 0 Å². The molecule has 0 radical (unpaired) electrons. The molecule has 0 bridgehead atoms. The highest BCUT2D eigenvalue weighted by Gasteiger charge is 2.39. The van der Waals surface area contributed by atoms with E-state index in [1.807, 2.05) is 0 Å². The van der Waals surface area contributed by atoms with Crippen molar-refractivity contribution in [3.8, 4) is 0 Å². The first-order chi connectivity index (χ1) is 6.28. The highest BCUT2D eigenvalue weighted by Crippen LogP contribution is 2.35. The predicted molar refractivity (Wildman–Crippen MR) is 62.2 cm³/mol. The van der Waals surface area contributed by atoms with Crippen molar-refractivity contribution in [3.63, 3.8) is 0 Å². The van der Waals surface area contributed by atoms with E-state index in [-0.39, 0.29) is 11.0 Å². The molecule has 0 aromatic carbocycles. The molecule has 1 saturated carbocycles. The van der Waals surface area contributed by atoms with Gasteiger partial charge in [-0.1, -0.05) is 27.2 Å². The van der Waals surface area contributed by atoms with Gasteiger partial charge in [0, 0.05) is 18.1 Å². The van der Waals surface area contributed by atoms with Crippen LogP contribution in [0.5, 0.6) is 0 Å². The van der Waals surface area contributed by atoms with Crippen LogP contribution in [0.15, 0.2) is 0 Å². The third kappa shape index (κ3) is 2.71. The Labute approximate surface area is 88.6 Å². The zero-order valence-electron chi connectivity index (χ0n) is 10.4. The smallest absolute Gasteiger partial charge is 0.0161 e. The van der Waals surface area contributed by atoms with Crippen LogP contribution in [0.4, 0.5) is 0 Å². The molecule has 84 valence electrons. The monoisotopic (exact) mass is 198 g/mol. The van der Waals surface area contributed by atoms with Gasteiger partial charge in [0.05, 0.1) is 0 Å². The first-order valence-electron chi connectivity index (χ1n) is 5.80. The molecule has 2 heteroatoms. The van der Waals surface area contributed by atoms with Crippen molar-refractivity contribution in [2.75, 3.05) is 6.54 Å². The third-order valence-electron chi connectivity index (χ3n) is 4.00. The van der Waals surface area contributed by atoms with Gasteiger partial charge in [-0.2, -0.15) is 0 Å². The molecule has 0 aromatic heterocycles. The Balaban J connectivity index is 2.31. The summed E-state index contributed by atoms with van der Waals surface area (Å²) in [7, 11) is 0. The zero-order chi connectivity index (χ0) is 11.0. The normalized spacial score (nSPS) is 27.9. The Kier molecular flexibility index (Phi) is 3.27. The van der Waals surface area contributed by atoms with E-state index in [1.54, 1.807) is 0 Å². The quantitative estimate of drug-likeness (QED) is 0.710. The van der Waals surface area contributed by atoms with Gasteiger partial charge in [-0.05, 0) is 31.6 Å². The highest BCUT2D eigenvalue weighted by atomic mass is 15.0. The molecule has 0 saturated heterocycles. The van der Waals surface area contributed by atoms with Gasteiger partial charge in [-0.25, -0.2) is 0 Å². The van der Waals surface area contributed by atoms with E-state index >= 15 is 0 Å². The molecule has 0 heterocycles. The van der Waals surface area contributed by atoms with Gasteiger partial charge in [0.1, 0.15) is 0 Å². The maximum Gasteiger partial charge on any atom is 0.0161 e. The maximum atomic E-state index is 6.15. The van der Waals surface area contributed by atoms with Crippen molar-refractivity contribution < 1.29 is 0 Å². The average Bonchev–Trinajstić information content (AvgIpc) is 2.77. The SMILES string of the molecule is CCC1CC1NCC(C)(C)C(C)(C)N. The van der Waals surface area contributed by atoms with Crippen molar-refractivity contribution >= 4 is 0 Å². The van der Waals surface area contributed by atoms with E-state index in [9.17, 15) is 0 Å². The van der Waals surface area contributed by atoms with Gasteiger partial charge in [0.15, 0.2) is 0 Å². The number of nitrogens with two attached hydrogens (primary N) is 1. The minimum atomic E-state index is -0.114. The molecule has 1 aliphatic rings. The van der Waals surface area contributed by atoms with Gasteiger partial charge in [0.2, 0.25) is 0 Å². The number of hydrogen-bond donors (Lipinski definition) is 2. The van der Waals surface area contributed by atoms with Crippen molar-refractivity contribution in [1.29, 1.82) is 0 Å². The lowest BCUT2D eigenvalue weighted by Crippen LogP contribution is -2.52. The van der Waals surface area contributed by atoms with Gasteiger partial charge in [-0.15, -0.1) is 0 Å². The van der Waals surface area contributed by atoms with Crippen LogP contribution < -0.4 is 11.1 Å². The molecule has 0 aliphatic heterocycles. The molecule has 0 aromatic rings. The Morgan fingerprint density at radius 2 is 1.86 bits per heavy atom. The van der Waals surface area contributed by atoms with Crippen LogP contribution in [0.25, 0.3) is 0 Å².